The number of nitrogens with one attached hydrogen (secondary N) is 1. The molecule has 0 saturated heterocycles. The number of allylic oxidation sites excluding steroid dienone is 2. The van der Waals surface area contributed by atoms with Gasteiger partial charge in [-0.2, -0.15) is 0 Å². The molecular formula is C10H11NO. The first kappa shape index (κ1) is 8.53. The number of rotatable bonds is 2. The Morgan fingerprint density at radius 3 is 2.92 bits per heavy atom. The lowest BCUT2D eigenvalue weighted by atomic mass is 10.2. The smallest absolute Gasteiger partial charge is 0.152 e. The van der Waals surface area contributed by atoms with Gasteiger partial charge in [-0.15, -0.1) is 0 Å². The molecule has 0 unspecified atom stereocenters. The van der Waals surface area contributed by atoms with Crippen LogP contribution in [0.15, 0.2) is 18.3 Å². The van der Waals surface area contributed by atoms with Crippen LogP contribution < -0.4 is 10.6 Å². The molecule has 1 heterocycles. The van der Waals surface area contributed by atoms with Crippen molar-refractivity contribution in [1.29, 1.82) is 0 Å². The molecule has 0 bridgehead atoms. The number of carbonyl (C=O) groups is 1. The molecule has 62 valence electrons. The van der Waals surface area contributed by atoms with Gasteiger partial charge in [0.25, 0.3) is 0 Å². The van der Waals surface area contributed by atoms with E-state index in [-0.39, 0.29) is 0 Å². The highest BCUT2D eigenvalue weighted by molar-refractivity contribution is 5.75. The van der Waals surface area contributed by atoms with E-state index in [1.54, 1.807) is 6.20 Å². The zero-order chi connectivity index (χ0) is 8.97. The first-order chi connectivity index (χ1) is 5.79. The van der Waals surface area contributed by atoms with E-state index in [4.69, 9.17) is 0 Å². The molecule has 0 atom stereocenters. The lowest BCUT2D eigenvalue weighted by Crippen LogP contribution is -2.22. The quantitative estimate of drug-likeness (QED) is 0.633. The van der Waals surface area contributed by atoms with Gasteiger partial charge in [-0.25, -0.2) is 0 Å². The Labute approximate surface area is 70.9 Å². The maximum Gasteiger partial charge on any atom is 0.152 e. The van der Waals surface area contributed by atoms with Gasteiger partial charge >= 0.3 is 0 Å². The SMILES string of the molecule is C=c1[nH]cc(C=O)/c1=C/C=C\C. The number of H-pyrrole nitrogens is 1. The van der Waals surface area contributed by atoms with Crippen LogP contribution in [0.2, 0.25) is 0 Å². The summed E-state index contributed by atoms with van der Waals surface area (Å²) in [7, 11) is 0. The van der Waals surface area contributed by atoms with Crippen molar-refractivity contribution in [3.05, 3.63) is 34.5 Å². The third-order valence-corrected chi connectivity index (χ3v) is 1.62. The molecule has 0 aliphatic rings. The van der Waals surface area contributed by atoms with Crippen LogP contribution in [-0.2, 0) is 0 Å². The summed E-state index contributed by atoms with van der Waals surface area (Å²) in [4.78, 5) is 13.4. The van der Waals surface area contributed by atoms with Gasteiger partial charge in [0.2, 0.25) is 0 Å². The molecule has 12 heavy (non-hydrogen) atoms. The molecule has 0 aliphatic carbocycles. The fourth-order valence-corrected chi connectivity index (χ4v) is 0.981. The van der Waals surface area contributed by atoms with E-state index < -0.39 is 0 Å². The van der Waals surface area contributed by atoms with E-state index in [9.17, 15) is 4.79 Å². The molecule has 0 saturated carbocycles. The Morgan fingerprint density at radius 1 is 1.58 bits per heavy atom. The third-order valence-electron chi connectivity index (χ3n) is 1.62. The van der Waals surface area contributed by atoms with Crippen LogP contribution in [0, 0.1) is 0 Å². The predicted octanol–water partition coefficient (Wildman–Crippen LogP) is 0.594. The van der Waals surface area contributed by atoms with Crippen molar-refractivity contribution in [1.82, 2.24) is 4.98 Å². The second kappa shape index (κ2) is 3.72. The number of hydrogen-bond donors (Lipinski definition) is 1. The summed E-state index contributed by atoms with van der Waals surface area (Å²) in [6, 6.07) is 0. The van der Waals surface area contributed by atoms with Crippen molar-refractivity contribution in [3.63, 3.8) is 0 Å². The molecule has 0 fully saturated rings. The second-order valence-electron chi connectivity index (χ2n) is 2.45. The zero-order valence-electron chi connectivity index (χ0n) is 7.00. The van der Waals surface area contributed by atoms with Crippen LogP contribution in [0.5, 0.6) is 0 Å². The Balaban J connectivity index is 3.37. The van der Waals surface area contributed by atoms with Gasteiger partial charge in [0, 0.05) is 22.3 Å². The van der Waals surface area contributed by atoms with Crippen molar-refractivity contribution < 1.29 is 4.79 Å². The number of aldehydes is 1. The number of hydrogen-bond acceptors (Lipinski definition) is 1. The number of aromatic amines is 1. The number of carbonyl (C=O) groups excluding carboxylic acids is 1. The van der Waals surface area contributed by atoms with E-state index >= 15 is 0 Å². The fraction of sp³-hybridized carbons (Fsp3) is 0.100. The maximum atomic E-state index is 10.5. The third kappa shape index (κ3) is 1.53. The highest BCUT2D eigenvalue weighted by atomic mass is 16.1. The lowest BCUT2D eigenvalue weighted by molar-refractivity contribution is 0.112. The average Bonchev–Trinajstić information content (AvgIpc) is 2.43. The molecule has 0 aliphatic heterocycles. The first-order valence-corrected chi connectivity index (χ1v) is 3.74. The Kier molecular flexibility index (Phi) is 2.64. The largest absolute Gasteiger partial charge is 0.361 e. The van der Waals surface area contributed by atoms with E-state index in [0.717, 1.165) is 16.9 Å². The summed E-state index contributed by atoms with van der Waals surface area (Å²) in [6.45, 7) is 5.69. The van der Waals surface area contributed by atoms with Gasteiger partial charge in [-0.3, -0.25) is 4.79 Å². The fourth-order valence-electron chi connectivity index (χ4n) is 0.981. The summed E-state index contributed by atoms with van der Waals surface area (Å²) in [5.41, 5.74) is 0.651. The summed E-state index contributed by atoms with van der Waals surface area (Å²) in [5, 5.41) is 1.64. The summed E-state index contributed by atoms with van der Waals surface area (Å²) >= 11 is 0. The molecule has 0 radical (unpaired) electrons. The molecule has 1 N–H and O–H groups in total. The number of aromatic nitrogens is 1. The first-order valence-electron chi connectivity index (χ1n) is 3.74. The van der Waals surface area contributed by atoms with Crippen molar-refractivity contribution in [2.75, 3.05) is 0 Å². The van der Waals surface area contributed by atoms with Gasteiger partial charge in [0.15, 0.2) is 6.29 Å². The summed E-state index contributed by atoms with van der Waals surface area (Å²) < 4.78 is 0. The molecular weight excluding hydrogens is 150 g/mol. The van der Waals surface area contributed by atoms with Gasteiger partial charge in [-0.05, 0) is 6.92 Å². The van der Waals surface area contributed by atoms with Crippen LogP contribution in [0.4, 0.5) is 0 Å². The molecule has 2 heteroatoms. The van der Waals surface area contributed by atoms with E-state index in [2.05, 4.69) is 11.6 Å². The van der Waals surface area contributed by atoms with Crippen molar-refractivity contribution in [2.24, 2.45) is 0 Å². The van der Waals surface area contributed by atoms with E-state index in [1.807, 2.05) is 25.2 Å². The second-order valence-corrected chi connectivity index (χ2v) is 2.45. The molecule has 1 aromatic heterocycles. The van der Waals surface area contributed by atoms with E-state index in [0.29, 0.717) is 5.56 Å². The van der Waals surface area contributed by atoms with Crippen molar-refractivity contribution >= 4 is 18.9 Å². The van der Waals surface area contributed by atoms with Crippen molar-refractivity contribution in [2.45, 2.75) is 6.92 Å². The van der Waals surface area contributed by atoms with Gasteiger partial charge < -0.3 is 4.98 Å². The van der Waals surface area contributed by atoms with Gasteiger partial charge in [0.1, 0.15) is 0 Å². The Hall–Kier alpha value is -1.57. The predicted molar refractivity (Wildman–Crippen MR) is 50.2 cm³/mol. The molecule has 0 amide bonds. The Bertz CT molecular complexity index is 398. The normalized spacial score (nSPS) is 12.6. The molecule has 1 rings (SSSR count). The van der Waals surface area contributed by atoms with Crippen LogP contribution >= 0.6 is 0 Å². The zero-order valence-corrected chi connectivity index (χ0v) is 7.00. The lowest BCUT2D eigenvalue weighted by Gasteiger charge is -1.78. The minimum absolute atomic E-state index is 0.651. The standard InChI is InChI=1S/C10H11NO/c1-3-4-5-10-8(2)11-6-9(10)7-12/h3-7,11H,2H2,1H3/b4-3-,10-5+. The minimum Gasteiger partial charge on any atom is -0.361 e. The molecule has 0 aromatic carbocycles. The molecule has 0 spiro atoms. The van der Waals surface area contributed by atoms with Crippen LogP contribution in [0.3, 0.4) is 0 Å². The minimum atomic E-state index is 0.651. The van der Waals surface area contributed by atoms with Crippen LogP contribution in [-0.4, -0.2) is 11.3 Å². The summed E-state index contributed by atoms with van der Waals surface area (Å²) in [5.74, 6) is 0. The van der Waals surface area contributed by atoms with Gasteiger partial charge in [-0.1, -0.05) is 24.8 Å². The van der Waals surface area contributed by atoms with Gasteiger partial charge in [0.05, 0.1) is 0 Å². The highest BCUT2D eigenvalue weighted by Crippen LogP contribution is 1.79. The maximum absolute atomic E-state index is 10.5. The summed E-state index contributed by atoms with van der Waals surface area (Å²) in [6.07, 6.45) is 8.12. The molecule has 1 aromatic rings. The topological polar surface area (TPSA) is 32.9 Å². The van der Waals surface area contributed by atoms with Crippen LogP contribution in [0.25, 0.3) is 12.7 Å². The average molecular weight is 161 g/mol. The Morgan fingerprint density at radius 2 is 2.33 bits per heavy atom. The highest BCUT2D eigenvalue weighted by Gasteiger charge is 1.93. The van der Waals surface area contributed by atoms with Crippen molar-refractivity contribution in [3.8, 4) is 0 Å². The molecule has 2 nitrogen and oxygen atoms in total. The van der Waals surface area contributed by atoms with Crippen LogP contribution in [0.1, 0.15) is 17.3 Å². The monoisotopic (exact) mass is 161 g/mol. The van der Waals surface area contributed by atoms with E-state index in [1.165, 1.54) is 0 Å².